The van der Waals surface area contributed by atoms with Crippen LogP contribution in [-0.4, -0.2) is 57.7 Å². The van der Waals surface area contributed by atoms with Crippen molar-refractivity contribution in [2.75, 3.05) is 41.1 Å². The van der Waals surface area contributed by atoms with E-state index in [4.69, 9.17) is 9.47 Å². The third kappa shape index (κ3) is 4.98. The molecule has 1 saturated heterocycles. The number of hydrogen-bond donors (Lipinski definition) is 3. The maximum absolute atomic E-state index is 14.5. The molecule has 2 aliphatic heterocycles. The van der Waals surface area contributed by atoms with Crippen molar-refractivity contribution >= 4 is 40.8 Å². The number of carbonyl (C=O) groups excluding carboxylic acids is 1. The molecule has 3 N–H and O–H groups in total. The van der Waals surface area contributed by atoms with E-state index in [9.17, 15) is 9.18 Å². The van der Waals surface area contributed by atoms with Crippen molar-refractivity contribution in [3.63, 3.8) is 0 Å². The Morgan fingerprint density at radius 3 is 2.64 bits per heavy atom. The highest BCUT2D eigenvalue weighted by atomic mass is 19.1. The highest BCUT2D eigenvalue weighted by Crippen LogP contribution is 2.33. The summed E-state index contributed by atoms with van der Waals surface area (Å²) >= 11 is 0. The fourth-order valence-electron chi connectivity index (χ4n) is 3.96. The number of nitrogens with one attached hydrogen (secondary N) is 3. The molecule has 0 radical (unpaired) electrons. The molecular weight excluding hydrogens is 467 g/mol. The Kier molecular flexibility index (Phi) is 6.27. The van der Waals surface area contributed by atoms with Gasteiger partial charge in [-0.25, -0.2) is 19.3 Å². The molecular formula is C24H27FN8O3. The molecule has 0 aromatic carbocycles. The standard InChI is InChI=1S/C24H27FN8O3/c1-24(2)22(34)31-21-17(36-24)5-6-18(30-21)29-20-16(25)13-27-23(32-20)28-14-4-7-19(26-12-14)33(3)15-8-10-35-11-9-15/h4-7,12-13,15H,8-11H2,1-3H3,(H3,27,28,29,30,31,32,34). The van der Waals surface area contributed by atoms with Crippen molar-refractivity contribution in [3.8, 4) is 5.75 Å². The minimum Gasteiger partial charge on any atom is -0.474 e. The van der Waals surface area contributed by atoms with E-state index in [1.165, 1.54) is 0 Å². The Bertz CT molecular complexity index is 1260. The number of aromatic nitrogens is 4. The van der Waals surface area contributed by atoms with E-state index in [2.05, 4.69) is 40.8 Å². The summed E-state index contributed by atoms with van der Waals surface area (Å²) < 4.78 is 25.6. The minimum absolute atomic E-state index is 0.0767. The summed E-state index contributed by atoms with van der Waals surface area (Å²) in [5.74, 6) is 0.930. The molecule has 3 aromatic rings. The van der Waals surface area contributed by atoms with Gasteiger partial charge in [0.05, 0.1) is 18.1 Å². The highest BCUT2D eigenvalue weighted by Gasteiger charge is 2.36. The SMILES string of the molecule is CN(c1ccc(Nc2ncc(F)c(Nc3ccc4c(n3)NC(=O)C(C)(C)O4)n2)cn1)C1CCOCC1. The molecule has 36 heavy (non-hydrogen) atoms. The largest absolute Gasteiger partial charge is 0.474 e. The molecule has 0 aliphatic carbocycles. The molecule has 11 nitrogen and oxygen atoms in total. The number of nitrogens with zero attached hydrogens (tertiary/aromatic N) is 5. The molecule has 2 aliphatic rings. The summed E-state index contributed by atoms with van der Waals surface area (Å²) in [7, 11) is 2.03. The topological polar surface area (TPSA) is 126 Å². The van der Waals surface area contributed by atoms with Crippen LogP contribution in [0.25, 0.3) is 0 Å². The molecule has 5 rings (SSSR count). The number of fused-ring (bicyclic) bond motifs is 1. The van der Waals surface area contributed by atoms with Crippen molar-refractivity contribution in [3.05, 3.63) is 42.5 Å². The lowest BCUT2D eigenvalue weighted by atomic mass is 10.1. The van der Waals surface area contributed by atoms with Gasteiger partial charge in [-0.3, -0.25) is 4.79 Å². The Morgan fingerprint density at radius 2 is 1.89 bits per heavy atom. The first-order chi connectivity index (χ1) is 17.3. The van der Waals surface area contributed by atoms with Gasteiger partial charge in [0.2, 0.25) is 5.95 Å². The molecule has 0 saturated carbocycles. The monoisotopic (exact) mass is 494 g/mol. The van der Waals surface area contributed by atoms with Crippen LogP contribution in [0.3, 0.4) is 0 Å². The van der Waals surface area contributed by atoms with Gasteiger partial charge in [0, 0.05) is 26.3 Å². The molecule has 188 valence electrons. The lowest BCUT2D eigenvalue weighted by Crippen LogP contribution is -2.46. The maximum Gasteiger partial charge on any atom is 0.269 e. The van der Waals surface area contributed by atoms with E-state index in [0.717, 1.165) is 38.1 Å². The zero-order valence-electron chi connectivity index (χ0n) is 20.2. The average molecular weight is 495 g/mol. The van der Waals surface area contributed by atoms with Crippen molar-refractivity contribution in [1.29, 1.82) is 0 Å². The van der Waals surface area contributed by atoms with Gasteiger partial charge >= 0.3 is 0 Å². The number of hydrogen-bond acceptors (Lipinski definition) is 10. The summed E-state index contributed by atoms with van der Waals surface area (Å²) in [6.45, 7) is 4.84. The van der Waals surface area contributed by atoms with Gasteiger partial charge in [-0.15, -0.1) is 0 Å². The zero-order chi connectivity index (χ0) is 25.3. The zero-order valence-corrected chi connectivity index (χ0v) is 20.2. The lowest BCUT2D eigenvalue weighted by molar-refractivity contribution is -0.129. The lowest BCUT2D eigenvalue weighted by Gasteiger charge is -2.32. The van der Waals surface area contributed by atoms with Crippen LogP contribution in [0.5, 0.6) is 5.75 Å². The van der Waals surface area contributed by atoms with Gasteiger partial charge in [-0.05, 0) is 51.0 Å². The minimum atomic E-state index is -1.00. The first-order valence-electron chi connectivity index (χ1n) is 11.6. The van der Waals surface area contributed by atoms with E-state index in [1.54, 1.807) is 32.2 Å². The molecule has 1 amide bonds. The van der Waals surface area contributed by atoms with Crippen LogP contribution in [0.1, 0.15) is 26.7 Å². The van der Waals surface area contributed by atoms with Gasteiger partial charge in [0.15, 0.2) is 28.8 Å². The fraction of sp³-hybridized carbons (Fsp3) is 0.375. The number of carbonyl (C=O) groups is 1. The number of anilines is 6. The maximum atomic E-state index is 14.5. The summed E-state index contributed by atoms with van der Waals surface area (Å²) in [4.78, 5) is 31.4. The Morgan fingerprint density at radius 1 is 1.08 bits per heavy atom. The number of amides is 1. The van der Waals surface area contributed by atoms with Crippen molar-refractivity contribution in [2.45, 2.75) is 38.3 Å². The van der Waals surface area contributed by atoms with Crippen LogP contribution < -0.4 is 25.6 Å². The molecule has 0 spiro atoms. The van der Waals surface area contributed by atoms with Gasteiger partial charge in [-0.1, -0.05) is 0 Å². The van der Waals surface area contributed by atoms with Gasteiger partial charge in [0.1, 0.15) is 11.6 Å². The summed E-state index contributed by atoms with van der Waals surface area (Å²) in [5, 5.41) is 8.57. The van der Waals surface area contributed by atoms with E-state index in [-0.39, 0.29) is 29.3 Å². The molecule has 5 heterocycles. The smallest absolute Gasteiger partial charge is 0.269 e. The van der Waals surface area contributed by atoms with Crippen LogP contribution in [0, 0.1) is 5.82 Å². The van der Waals surface area contributed by atoms with Crippen molar-refractivity contribution < 1.29 is 18.7 Å². The van der Waals surface area contributed by atoms with E-state index in [1.807, 2.05) is 19.2 Å². The van der Waals surface area contributed by atoms with Crippen molar-refractivity contribution in [2.24, 2.45) is 0 Å². The van der Waals surface area contributed by atoms with E-state index < -0.39 is 11.4 Å². The second-order valence-corrected chi connectivity index (χ2v) is 9.11. The first-order valence-corrected chi connectivity index (χ1v) is 11.6. The van der Waals surface area contributed by atoms with Gasteiger partial charge < -0.3 is 30.3 Å². The molecule has 3 aromatic heterocycles. The average Bonchev–Trinajstić information content (AvgIpc) is 2.87. The second-order valence-electron chi connectivity index (χ2n) is 9.11. The Labute approximate surface area is 207 Å². The highest BCUT2D eigenvalue weighted by molar-refractivity contribution is 5.99. The second kappa shape index (κ2) is 9.53. The third-order valence-corrected chi connectivity index (χ3v) is 6.10. The number of rotatable bonds is 6. The van der Waals surface area contributed by atoms with Gasteiger partial charge in [0.25, 0.3) is 5.91 Å². The Balaban J connectivity index is 1.28. The van der Waals surface area contributed by atoms with Crippen LogP contribution in [-0.2, 0) is 9.53 Å². The van der Waals surface area contributed by atoms with E-state index >= 15 is 0 Å². The third-order valence-electron chi connectivity index (χ3n) is 6.10. The number of ether oxygens (including phenoxy) is 2. The first kappa shape index (κ1) is 23.7. The van der Waals surface area contributed by atoms with Crippen LogP contribution in [0.15, 0.2) is 36.7 Å². The molecule has 12 heteroatoms. The predicted octanol–water partition coefficient (Wildman–Crippen LogP) is 3.62. The normalized spacial score (nSPS) is 16.9. The summed E-state index contributed by atoms with van der Waals surface area (Å²) in [6, 6.07) is 7.43. The fourth-order valence-corrected chi connectivity index (χ4v) is 3.96. The summed E-state index contributed by atoms with van der Waals surface area (Å²) in [6.07, 6.45) is 4.67. The molecule has 0 bridgehead atoms. The quantitative estimate of drug-likeness (QED) is 0.468. The number of halogens is 1. The Hall–Kier alpha value is -4.06. The molecule has 1 fully saturated rings. The summed E-state index contributed by atoms with van der Waals surface area (Å²) in [5.41, 5.74) is -0.345. The van der Waals surface area contributed by atoms with E-state index in [0.29, 0.717) is 17.5 Å². The predicted molar refractivity (Wildman–Crippen MR) is 133 cm³/mol. The van der Waals surface area contributed by atoms with Crippen LogP contribution in [0.4, 0.5) is 39.3 Å². The van der Waals surface area contributed by atoms with Crippen molar-refractivity contribution in [1.82, 2.24) is 19.9 Å². The molecule has 0 atom stereocenters. The van der Waals surface area contributed by atoms with Gasteiger partial charge in [-0.2, -0.15) is 4.98 Å². The number of pyridine rings is 2. The van der Waals surface area contributed by atoms with Crippen LogP contribution >= 0.6 is 0 Å². The van der Waals surface area contributed by atoms with Crippen LogP contribution in [0.2, 0.25) is 0 Å². The molecule has 0 unspecified atom stereocenters.